The maximum atomic E-state index is 12.2. The molecule has 4 nitrogen and oxygen atoms in total. The van der Waals surface area contributed by atoms with Gasteiger partial charge in [-0.3, -0.25) is 0 Å². The number of halogens is 1. The monoisotopic (exact) mass is 409 g/mol. The third kappa shape index (κ3) is 4.49. The zero-order valence-corrected chi connectivity index (χ0v) is 17.2. The highest BCUT2D eigenvalue weighted by molar-refractivity contribution is 9.10. The average Bonchev–Trinajstić information content (AvgIpc) is 2.48. The van der Waals surface area contributed by atoms with E-state index in [1.54, 1.807) is 0 Å². The van der Waals surface area contributed by atoms with Crippen molar-refractivity contribution >= 4 is 22.0 Å². The highest BCUT2D eigenvalue weighted by Crippen LogP contribution is 2.50. The van der Waals surface area contributed by atoms with E-state index < -0.39 is 5.60 Å². The number of nitrogens with zero attached hydrogens (tertiary/aromatic N) is 1. The number of amides is 1. The van der Waals surface area contributed by atoms with Gasteiger partial charge in [-0.15, -0.1) is 0 Å². The Balaban J connectivity index is 1.46. The van der Waals surface area contributed by atoms with Gasteiger partial charge in [-0.2, -0.15) is 0 Å². The molecule has 1 saturated carbocycles. The number of hydrogen-bond acceptors (Lipinski definition) is 3. The van der Waals surface area contributed by atoms with Crippen LogP contribution in [0.2, 0.25) is 0 Å². The van der Waals surface area contributed by atoms with Crippen molar-refractivity contribution in [2.24, 2.45) is 5.41 Å². The van der Waals surface area contributed by atoms with Gasteiger partial charge in [0.1, 0.15) is 11.4 Å². The predicted octanol–water partition coefficient (Wildman–Crippen LogP) is 5.32. The van der Waals surface area contributed by atoms with E-state index in [9.17, 15) is 4.79 Å². The third-order valence-corrected chi connectivity index (χ3v) is 6.12. The molecule has 1 heterocycles. The summed E-state index contributed by atoms with van der Waals surface area (Å²) in [6.45, 7) is 9.39. The molecule has 1 amide bonds. The van der Waals surface area contributed by atoms with E-state index >= 15 is 0 Å². The number of ether oxygens (including phenoxy) is 2. The van der Waals surface area contributed by atoms with Gasteiger partial charge in [0, 0.05) is 17.6 Å². The van der Waals surface area contributed by atoms with Gasteiger partial charge < -0.3 is 14.4 Å². The van der Waals surface area contributed by atoms with Crippen molar-refractivity contribution in [3.63, 3.8) is 0 Å². The van der Waals surface area contributed by atoms with Crippen molar-refractivity contribution in [1.82, 2.24) is 4.90 Å². The number of rotatable bonds is 2. The molecular formula is C20H28BrNO3. The molecule has 0 N–H and O–H groups in total. The number of piperidine rings is 1. The molecule has 1 aliphatic carbocycles. The van der Waals surface area contributed by atoms with Crippen LogP contribution in [0.25, 0.3) is 0 Å². The van der Waals surface area contributed by atoms with Crippen LogP contribution in [0.1, 0.15) is 52.0 Å². The van der Waals surface area contributed by atoms with Crippen molar-refractivity contribution in [3.05, 3.63) is 28.2 Å². The zero-order valence-electron chi connectivity index (χ0n) is 15.6. The van der Waals surface area contributed by atoms with Crippen molar-refractivity contribution in [3.8, 4) is 5.75 Å². The smallest absolute Gasteiger partial charge is 0.410 e. The molecule has 1 saturated heterocycles. The highest BCUT2D eigenvalue weighted by Gasteiger charge is 2.47. The molecule has 3 rings (SSSR count). The number of carbonyl (C=O) groups is 1. The van der Waals surface area contributed by atoms with Gasteiger partial charge in [0.15, 0.2) is 0 Å². The Morgan fingerprint density at radius 2 is 1.88 bits per heavy atom. The normalized spacial score (nSPS) is 20.3. The van der Waals surface area contributed by atoms with Crippen LogP contribution in [-0.2, 0) is 4.74 Å². The van der Waals surface area contributed by atoms with Crippen molar-refractivity contribution in [2.45, 2.75) is 65.1 Å². The van der Waals surface area contributed by atoms with Crippen LogP contribution < -0.4 is 4.74 Å². The SMILES string of the molecule is Cc1cc(OC2CC3(CCN(C(=O)OC(C)(C)C)CC3)C2)ccc1Br. The third-order valence-electron chi connectivity index (χ3n) is 5.23. The Labute approximate surface area is 159 Å². The van der Waals surface area contributed by atoms with Crippen LogP contribution in [-0.4, -0.2) is 35.8 Å². The molecule has 0 bridgehead atoms. The molecular weight excluding hydrogens is 382 g/mol. The van der Waals surface area contributed by atoms with Gasteiger partial charge in [-0.05, 0) is 82.6 Å². The molecule has 138 valence electrons. The minimum atomic E-state index is -0.426. The fourth-order valence-corrected chi connectivity index (χ4v) is 4.02. The molecule has 5 heteroatoms. The van der Waals surface area contributed by atoms with Crippen molar-refractivity contribution < 1.29 is 14.3 Å². The number of hydrogen-bond donors (Lipinski definition) is 0. The molecule has 2 aliphatic rings. The lowest BCUT2D eigenvalue weighted by atomic mass is 9.61. The van der Waals surface area contributed by atoms with Crippen LogP contribution in [0.4, 0.5) is 4.79 Å². The van der Waals surface area contributed by atoms with Crippen molar-refractivity contribution in [2.75, 3.05) is 13.1 Å². The number of likely N-dealkylation sites (tertiary alicyclic amines) is 1. The van der Waals surface area contributed by atoms with E-state index in [1.165, 1.54) is 5.56 Å². The van der Waals surface area contributed by atoms with E-state index in [1.807, 2.05) is 37.8 Å². The summed E-state index contributed by atoms with van der Waals surface area (Å²) >= 11 is 3.52. The molecule has 0 atom stereocenters. The lowest BCUT2D eigenvalue weighted by molar-refractivity contribution is -0.0583. The molecule has 25 heavy (non-hydrogen) atoms. The molecule has 1 aromatic carbocycles. The fraction of sp³-hybridized carbons (Fsp3) is 0.650. The van der Waals surface area contributed by atoms with E-state index in [2.05, 4.69) is 28.9 Å². The van der Waals surface area contributed by atoms with Crippen LogP contribution in [0.5, 0.6) is 5.75 Å². The summed E-state index contributed by atoms with van der Waals surface area (Å²) in [4.78, 5) is 14.0. The number of carbonyl (C=O) groups excluding carboxylic acids is 1. The summed E-state index contributed by atoms with van der Waals surface area (Å²) in [5, 5.41) is 0. The van der Waals surface area contributed by atoms with Gasteiger partial charge in [-0.25, -0.2) is 4.79 Å². The molecule has 0 aromatic heterocycles. The van der Waals surface area contributed by atoms with Crippen molar-refractivity contribution in [1.29, 1.82) is 0 Å². The highest BCUT2D eigenvalue weighted by atomic mass is 79.9. The average molecular weight is 410 g/mol. The predicted molar refractivity (Wildman–Crippen MR) is 102 cm³/mol. The lowest BCUT2D eigenvalue weighted by Crippen LogP contribution is -2.52. The van der Waals surface area contributed by atoms with Gasteiger partial charge >= 0.3 is 6.09 Å². The van der Waals surface area contributed by atoms with Crippen LogP contribution in [0.3, 0.4) is 0 Å². The number of benzene rings is 1. The summed E-state index contributed by atoms with van der Waals surface area (Å²) < 4.78 is 12.7. The maximum absolute atomic E-state index is 12.2. The van der Waals surface area contributed by atoms with Gasteiger partial charge in [-0.1, -0.05) is 15.9 Å². The maximum Gasteiger partial charge on any atom is 0.410 e. The molecule has 0 unspecified atom stereocenters. The first-order valence-corrected chi connectivity index (χ1v) is 9.86. The molecule has 1 aliphatic heterocycles. The standard InChI is InChI=1S/C20H28BrNO3/c1-14-11-15(5-6-17(14)21)24-16-12-20(13-16)7-9-22(10-8-20)18(23)25-19(2,3)4/h5-6,11,16H,7-10,12-13H2,1-4H3. The summed E-state index contributed by atoms with van der Waals surface area (Å²) in [6.07, 6.45) is 4.39. The minimum absolute atomic E-state index is 0.181. The summed E-state index contributed by atoms with van der Waals surface area (Å²) in [5.74, 6) is 0.951. The lowest BCUT2D eigenvalue weighted by Gasteiger charge is -2.51. The summed E-state index contributed by atoms with van der Waals surface area (Å²) in [7, 11) is 0. The van der Waals surface area contributed by atoms with Gasteiger partial charge in [0.2, 0.25) is 0 Å². The Kier molecular flexibility index (Phi) is 5.06. The minimum Gasteiger partial charge on any atom is -0.490 e. The Hall–Kier alpha value is -1.23. The van der Waals surface area contributed by atoms with E-state index in [0.717, 1.165) is 49.0 Å². The first kappa shape index (κ1) is 18.6. The van der Waals surface area contributed by atoms with Gasteiger partial charge in [0.25, 0.3) is 0 Å². The number of aryl methyl sites for hydroxylation is 1. The first-order chi connectivity index (χ1) is 11.7. The second kappa shape index (κ2) is 6.82. The van der Waals surface area contributed by atoms with Crippen LogP contribution >= 0.6 is 15.9 Å². The van der Waals surface area contributed by atoms with E-state index in [0.29, 0.717) is 11.5 Å². The largest absolute Gasteiger partial charge is 0.490 e. The van der Waals surface area contributed by atoms with E-state index in [-0.39, 0.29) is 6.09 Å². The van der Waals surface area contributed by atoms with Gasteiger partial charge in [0.05, 0.1) is 6.10 Å². The topological polar surface area (TPSA) is 38.8 Å². The summed E-state index contributed by atoms with van der Waals surface area (Å²) in [6, 6.07) is 6.14. The Morgan fingerprint density at radius 3 is 2.44 bits per heavy atom. The first-order valence-electron chi connectivity index (χ1n) is 9.07. The Bertz CT molecular complexity index is 637. The molecule has 0 radical (unpaired) electrons. The molecule has 1 aromatic rings. The quantitative estimate of drug-likeness (QED) is 0.663. The summed E-state index contributed by atoms with van der Waals surface area (Å²) in [5.41, 5.74) is 1.12. The molecule has 1 spiro atoms. The second-order valence-corrected chi connectivity index (χ2v) is 9.38. The zero-order chi connectivity index (χ0) is 18.2. The van der Waals surface area contributed by atoms with E-state index in [4.69, 9.17) is 9.47 Å². The van der Waals surface area contributed by atoms with Crippen LogP contribution in [0, 0.1) is 12.3 Å². The van der Waals surface area contributed by atoms with Crippen LogP contribution in [0.15, 0.2) is 22.7 Å². The molecule has 2 fully saturated rings. The second-order valence-electron chi connectivity index (χ2n) is 8.53. The Morgan fingerprint density at radius 1 is 1.24 bits per heavy atom. The fourth-order valence-electron chi connectivity index (χ4n) is 3.77.